The van der Waals surface area contributed by atoms with Gasteiger partial charge in [0.25, 0.3) is 5.22 Å². The molecular weight excluding hydrogens is 332 g/mol. The summed E-state index contributed by atoms with van der Waals surface area (Å²) < 4.78 is 10.8. The number of thioether (sulfide) groups is 1. The minimum absolute atomic E-state index is 0.0130. The highest BCUT2D eigenvalue weighted by molar-refractivity contribution is 7.99. The monoisotopic (exact) mass is 350 g/mol. The van der Waals surface area contributed by atoms with E-state index >= 15 is 0 Å². The molecule has 3 heterocycles. The van der Waals surface area contributed by atoms with Crippen LogP contribution in [0.4, 0.5) is 0 Å². The largest absolute Gasteiger partial charge is 0.411 e. The molecule has 1 aliphatic heterocycles. The molecule has 2 aromatic heterocycles. The molecule has 24 heavy (non-hydrogen) atoms. The number of hydrogen-bond acceptors (Lipinski definition) is 8. The number of nitrogens with zero attached hydrogens (tertiary/aromatic N) is 4. The van der Waals surface area contributed by atoms with Gasteiger partial charge in [0.2, 0.25) is 11.8 Å². The topological polar surface area (TPSA) is 102 Å². The molecule has 9 heteroatoms. The summed E-state index contributed by atoms with van der Waals surface area (Å²) in [5.41, 5.74) is 0.805. The second-order valence-electron chi connectivity index (χ2n) is 5.28. The average Bonchev–Trinajstić information content (AvgIpc) is 2.96. The lowest BCUT2D eigenvalue weighted by Crippen LogP contribution is -2.37. The van der Waals surface area contributed by atoms with Crippen LogP contribution in [-0.4, -0.2) is 69.3 Å². The number of rotatable bonds is 5. The van der Waals surface area contributed by atoms with E-state index in [1.54, 1.807) is 29.4 Å². The van der Waals surface area contributed by atoms with Crippen molar-refractivity contribution in [2.75, 3.05) is 32.1 Å². The maximum Gasteiger partial charge on any atom is 0.276 e. The molecule has 1 atom stereocenters. The molecule has 0 bridgehead atoms. The predicted molar refractivity (Wildman–Crippen MR) is 86.3 cm³/mol. The molecule has 1 saturated heterocycles. The van der Waals surface area contributed by atoms with Gasteiger partial charge >= 0.3 is 0 Å². The Balaban J connectivity index is 1.48. The molecule has 2 aromatic rings. The average molecular weight is 350 g/mol. The summed E-state index contributed by atoms with van der Waals surface area (Å²) in [6.45, 7) is 1.55. The van der Waals surface area contributed by atoms with Gasteiger partial charge in [-0.25, -0.2) is 0 Å². The van der Waals surface area contributed by atoms with Crippen LogP contribution in [0.1, 0.15) is 6.42 Å². The first-order chi connectivity index (χ1) is 11.7. The summed E-state index contributed by atoms with van der Waals surface area (Å²) in [5.74, 6) is 0.949. The summed E-state index contributed by atoms with van der Waals surface area (Å²) in [6, 6.07) is 3.58. The van der Waals surface area contributed by atoms with Crippen molar-refractivity contribution in [3.63, 3.8) is 0 Å². The minimum Gasteiger partial charge on any atom is -0.411 e. The Kier molecular flexibility index (Phi) is 5.78. The van der Waals surface area contributed by atoms with Crippen LogP contribution in [0.15, 0.2) is 34.2 Å². The summed E-state index contributed by atoms with van der Waals surface area (Å²) in [4.78, 5) is 17.8. The van der Waals surface area contributed by atoms with Gasteiger partial charge in [0.05, 0.1) is 19.3 Å². The molecule has 1 amide bonds. The number of hydrogen-bond donors (Lipinski definition) is 1. The van der Waals surface area contributed by atoms with Crippen LogP contribution in [0.3, 0.4) is 0 Å². The zero-order valence-corrected chi connectivity index (χ0v) is 13.8. The zero-order chi connectivity index (χ0) is 16.8. The van der Waals surface area contributed by atoms with Crippen molar-refractivity contribution in [3.05, 3.63) is 24.5 Å². The van der Waals surface area contributed by atoms with Crippen LogP contribution in [0, 0.1) is 0 Å². The van der Waals surface area contributed by atoms with E-state index in [1.807, 2.05) is 0 Å². The molecule has 8 nitrogen and oxygen atoms in total. The lowest BCUT2D eigenvalue weighted by atomic mass is 10.3. The summed E-state index contributed by atoms with van der Waals surface area (Å²) in [5, 5.41) is 18.0. The first-order valence-corrected chi connectivity index (χ1v) is 8.61. The Morgan fingerprint density at radius 2 is 2.21 bits per heavy atom. The van der Waals surface area contributed by atoms with Crippen LogP contribution in [0.2, 0.25) is 0 Å². The van der Waals surface area contributed by atoms with E-state index in [9.17, 15) is 9.90 Å². The van der Waals surface area contributed by atoms with Crippen LogP contribution in [0.25, 0.3) is 11.5 Å². The SMILES string of the molecule is O=C(CCSc1nnc(-c2ccncc2)o1)N1CCOCC(O)C1. The van der Waals surface area contributed by atoms with Gasteiger partial charge in [0.15, 0.2) is 0 Å². The molecule has 3 rings (SSSR count). The predicted octanol–water partition coefficient (Wildman–Crippen LogP) is 0.833. The molecule has 0 aliphatic carbocycles. The fourth-order valence-corrected chi connectivity index (χ4v) is 2.97. The zero-order valence-electron chi connectivity index (χ0n) is 13.0. The fraction of sp³-hybridized carbons (Fsp3) is 0.467. The third-order valence-electron chi connectivity index (χ3n) is 3.47. The fourth-order valence-electron chi connectivity index (χ4n) is 2.28. The van der Waals surface area contributed by atoms with Crippen molar-refractivity contribution < 1.29 is 19.1 Å². The van der Waals surface area contributed by atoms with Gasteiger partial charge in [-0.2, -0.15) is 0 Å². The van der Waals surface area contributed by atoms with E-state index in [4.69, 9.17) is 9.15 Å². The quantitative estimate of drug-likeness (QED) is 0.792. The summed E-state index contributed by atoms with van der Waals surface area (Å²) in [7, 11) is 0. The van der Waals surface area contributed by atoms with Crippen molar-refractivity contribution in [3.8, 4) is 11.5 Å². The standard InChI is InChI=1S/C15H18N4O4S/c20-12-9-19(6-7-22-10-12)13(21)3-8-24-15-18-17-14(23-15)11-1-4-16-5-2-11/h1-2,4-5,12,20H,3,6-10H2. The number of pyridine rings is 1. The van der Waals surface area contributed by atoms with E-state index in [0.29, 0.717) is 43.0 Å². The molecule has 0 aromatic carbocycles. The van der Waals surface area contributed by atoms with Crippen LogP contribution in [0.5, 0.6) is 0 Å². The lowest BCUT2D eigenvalue weighted by molar-refractivity contribution is -0.131. The molecule has 1 unspecified atom stereocenters. The van der Waals surface area contributed by atoms with Crippen molar-refractivity contribution in [1.29, 1.82) is 0 Å². The number of β-amino-alcohol motifs (C(OH)–C–C–N with tert-alkyl or cyclic N) is 1. The highest BCUT2D eigenvalue weighted by Gasteiger charge is 2.20. The highest BCUT2D eigenvalue weighted by atomic mass is 32.2. The smallest absolute Gasteiger partial charge is 0.276 e. The Labute approximate surface area is 143 Å². The van der Waals surface area contributed by atoms with Crippen molar-refractivity contribution in [1.82, 2.24) is 20.1 Å². The number of aliphatic hydroxyl groups excluding tert-OH is 1. The Bertz CT molecular complexity index is 667. The van der Waals surface area contributed by atoms with Crippen molar-refractivity contribution >= 4 is 17.7 Å². The third-order valence-corrected chi connectivity index (χ3v) is 4.29. The maximum absolute atomic E-state index is 12.2. The Morgan fingerprint density at radius 3 is 3.04 bits per heavy atom. The van der Waals surface area contributed by atoms with Crippen LogP contribution >= 0.6 is 11.8 Å². The minimum atomic E-state index is -0.622. The van der Waals surface area contributed by atoms with Crippen molar-refractivity contribution in [2.45, 2.75) is 17.7 Å². The molecule has 1 aliphatic rings. The third kappa shape index (κ3) is 4.53. The lowest BCUT2D eigenvalue weighted by Gasteiger charge is -2.21. The molecule has 1 N–H and O–H groups in total. The molecule has 0 radical (unpaired) electrons. The van der Waals surface area contributed by atoms with Gasteiger partial charge in [-0.1, -0.05) is 11.8 Å². The Hall–Kier alpha value is -1.97. The van der Waals surface area contributed by atoms with E-state index in [0.717, 1.165) is 5.56 Å². The number of aliphatic hydroxyl groups is 1. The van der Waals surface area contributed by atoms with Crippen LogP contribution in [-0.2, 0) is 9.53 Å². The second-order valence-corrected chi connectivity index (χ2v) is 6.32. The van der Waals surface area contributed by atoms with Crippen LogP contribution < -0.4 is 0 Å². The first-order valence-electron chi connectivity index (χ1n) is 7.62. The molecule has 128 valence electrons. The Morgan fingerprint density at radius 1 is 1.38 bits per heavy atom. The number of aromatic nitrogens is 3. The second kappa shape index (κ2) is 8.22. The van der Waals surface area contributed by atoms with Gasteiger partial charge < -0.3 is 19.2 Å². The summed E-state index contributed by atoms with van der Waals surface area (Å²) in [6.07, 6.45) is 3.03. The molecule has 1 fully saturated rings. The normalized spacial score (nSPS) is 18.4. The van der Waals surface area contributed by atoms with Gasteiger partial charge in [-0.15, -0.1) is 10.2 Å². The number of carbonyl (C=O) groups is 1. The van der Waals surface area contributed by atoms with Crippen molar-refractivity contribution in [2.24, 2.45) is 0 Å². The number of ether oxygens (including phenoxy) is 1. The van der Waals surface area contributed by atoms with Gasteiger partial charge in [-0.3, -0.25) is 9.78 Å². The number of amides is 1. The molecular formula is C15H18N4O4S. The van der Waals surface area contributed by atoms with E-state index in [-0.39, 0.29) is 12.5 Å². The van der Waals surface area contributed by atoms with Gasteiger partial charge in [-0.05, 0) is 12.1 Å². The van der Waals surface area contributed by atoms with E-state index in [2.05, 4.69) is 15.2 Å². The van der Waals surface area contributed by atoms with Gasteiger partial charge in [0.1, 0.15) is 0 Å². The molecule has 0 saturated carbocycles. The highest BCUT2D eigenvalue weighted by Crippen LogP contribution is 2.23. The molecule has 0 spiro atoms. The maximum atomic E-state index is 12.2. The van der Waals surface area contributed by atoms with E-state index in [1.165, 1.54) is 11.8 Å². The number of carbonyl (C=O) groups excluding carboxylic acids is 1. The van der Waals surface area contributed by atoms with E-state index < -0.39 is 6.10 Å². The summed E-state index contributed by atoms with van der Waals surface area (Å²) >= 11 is 1.34. The van der Waals surface area contributed by atoms with Gasteiger partial charge in [0, 0.05) is 43.2 Å². The first kappa shape index (κ1) is 16.9.